The number of thiophene rings is 1. The monoisotopic (exact) mass is 381 g/mol. The Morgan fingerprint density at radius 3 is 2.62 bits per heavy atom. The Labute approximate surface area is 155 Å². The minimum Gasteiger partial charge on any atom is -0.462 e. The third kappa shape index (κ3) is 3.94. The van der Waals surface area contributed by atoms with Crippen LogP contribution in [0.3, 0.4) is 0 Å². The van der Waals surface area contributed by atoms with Gasteiger partial charge in [0.05, 0.1) is 19.0 Å². The number of aromatic nitrogens is 2. The molecule has 2 aromatic rings. The van der Waals surface area contributed by atoms with Gasteiger partial charge in [0.15, 0.2) is 12.4 Å². The molecule has 2 atom stereocenters. The van der Waals surface area contributed by atoms with E-state index in [-0.39, 0.29) is 30.7 Å². The van der Waals surface area contributed by atoms with Crippen molar-refractivity contribution in [2.45, 2.75) is 26.8 Å². The molecule has 142 valence electrons. The lowest BCUT2D eigenvalue weighted by Crippen LogP contribution is -3.10. The van der Waals surface area contributed by atoms with E-state index in [1.807, 2.05) is 14.0 Å². The number of ether oxygens (including phenoxy) is 1. The van der Waals surface area contributed by atoms with Gasteiger partial charge < -0.3 is 19.5 Å². The molecule has 2 aromatic heterocycles. The van der Waals surface area contributed by atoms with Gasteiger partial charge in [0.25, 0.3) is 11.5 Å². The van der Waals surface area contributed by atoms with Crippen molar-refractivity contribution >= 4 is 33.4 Å². The summed E-state index contributed by atoms with van der Waals surface area (Å²) < 4.78 is 5.05. The van der Waals surface area contributed by atoms with Crippen molar-refractivity contribution < 1.29 is 19.2 Å². The summed E-state index contributed by atoms with van der Waals surface area (Å²) in [6.07, 6.45) is 0. The molecular weight excluding hydrogens is 356 g/mol. The fourth-order valence-electron chi connectivity index (χ4n) is 2.54. The fourth-order valence-corrected chi connectivity index (χ4v) is 3.62. The molecule has 8 nitrogen and oxygen atoms in total. The van der Waals surface area contributed by atoms with Crippen LogP contribution in [0.15, 0.2) is 4.79 Å². The number of rotatable bonds is 6. The Balaban J connectivity index is 2.40. The van der Waals surface area contributed by atoms with E-state index in [1.165, 1.54) is 4.90 Å². The Morgan fingerprint density at radius 2 is 2.04 bits per heavy atom. The SMILES string of the molecule is CCOC(=O)c1sc2nc([C@@H](C)[NH+](C)CC(=O)N(C)C)[nH]c(=O)c2c1C. The van der Waals surface area contributed by atoms with E-state index in [0.717, 1.165) is 16.2 Å². The van der Waals surface area contributed by atoms with Gasteiger partial charge in [-0.15, -0.1) is 11.3 Å². The second-order valence-electron chi connectivity index (χ2n) is 6.44. The second-order valence-corrected chi connectivity index (χ2v) is 7.44. The number of carbonyl (C=O) groups is 2. The van der Waals surface area contributed by atoms with Gasteiger partial charge in [0.2, 0.25) is 0 Å². The number of hydrogen-bond donors (Lipinski definition) is 2. The Kier molecular flexibility index (Phi) is 6.14. The molecule has 0 aliphatic heterocycles. The summed E-state index contributed by atoms with van der Waals surface area (Å²) in [5.74, 6) is 0.0406. The molecular formula is C17H25N4O4S+. The van der Waals surface area contributed by atoms with Gasteiger partial charge in [-0.2, -0.15) is 0 Å². The zero-order chi connectivity index (χ0) is 19.6. The number of aryl methyl sites for hydroxylation is 1. The van der Waals surface area contributed by atoms with E-state index in [2.05, 4.69) is 9.97 Å². The van der Waals surface area contributed by atoms with Gasteiger partial charge in [-0.1, -0.05) is 0 Å². The summed E-state index contributed by atoms with van der Waals surface area (Å²) in [7, 11) is 5.29. The van der Waals surface area contributed by atoms with Crippen LogP contribution in [0.25, 0.3) is 10.2 Å². The van der Waals surface area contributed by atoms with Crippen molar-refractivity contribution in [3.63, 3.8) is 0 Å². The molecule has 0 radical (unpaired) electrons. The van der Waals surface area contributed by atoms with Gasteiger partial charge in [0.1, 0.15) is 15.7 Å². The van der Waals surface area contributed by atoms with Gasteiger partial charge in [-0.25, -0.2) is 9.78 Å². The molecule has 0 fully saturated rings. The Morgan fingerprint density at radius 1 is 1.38 bits per heavy atom. The van der Waals surface area contributed by atoms with Crippen LogP contribution in [0, 0.1) is 6.92 Å². The molecule has 2 N–H and O–H groups in total. The zero-order valence-corrected chi connectivity index (χ0v) is 16.7. The molecule has 0 aliphatic carbocycles. The molecule has 0 spiro atoms. The number of aromatic amines is 1. The molecule has 0 bridgehead atoms. The van der Waals surface area contributed by atoms with Gasteiger partial charge in [-0.05, 0) is 26.3 Å². The van der Waals surface area contributed by atoms with Gasteiger partial charge >= 0.3 is 5.97 Å². The molecule has 2 heterocycles. The number of fused-ring (bicyclic) bond motifs is 1. The van der Waals surface area contributed by atoms with Crippen LogP contribution in [-0.4, -0.2) is 61.0 Å². The summed E-state index contributed by atoms with van der Waals surface area (Å²) in [5, 5.41) is 0.413. The lowest BCUT2D eigenvalue weighted by Gasteiger charge is -2.21. The number of H-pyrrole nitrogens is 1. The van der Waals surface area contributed by atoms with Crippen molar-refractivity contribution in [3.8, 4) is 0 Å². The van der Waals surface area contributed by atoms with Crippen LogP contribution in [0.1, 0.15) is 40.9 Å². The van der Waals surface area contributed by atoms with Crippen molar-refractivity contribution in [1.82, 2.24) is 14.9 Å². The maximum absolute atomic E-state index is 12.5. The third-order valence-corrected chi connectivity index (χ3v) is 5.52. The Bertz CT molecular complexity index is 887. The van der Waals surface area contributed by atoms with Crippen molar-refractivity contribution in [1.29, 1.82) is 0 Å². The van der Waals surface area contributed by atoms with E-state index in [1.54, 1.807) is 27.9 Å². The second kappa shape index (κ2) is 7.96. The van der Waals surface area contributed by atoms with Crippen molar-refractivity contribution in [2.24, 2.45) is 0 Å². The highest BCUT2D eigenvalue weighted by atomic mass is 32.1. The molecule has 0 saturated carbocycles. The molecule has 2 rings (SSSR count). The maximum Gasteiger partial charge on any atom is 0.348 e. The van der Waals surface area contributed by atoms with E-state index in [0.29, 0.717) is 26.5 Å². The summed E-state index contributed by atoms with van der Waals surface area (Å²) >= 11 is 1.16. The highest BCUT2D eigenvalue weighted by Gasteiger charge is 2.25. The van der Waals surface area contributed by atoms with Crippen LogP contribution in [0.2, 0.25) is 0 Å². The number of quaternary nitrogens is 1. The zero-order valence-electron chi connectivity index (χ0n) is 15.9. The van der Waals surface area contributed by atoms with Gasteiger partial charge in [0, 0.05) is 14.1 Å². The topological polar surface area (TPSA) is 96.8 Å². The van der Waals surface area contributed by atoms with Crippen molar-refractivity contribution in [3.05, 3.63) is 26.6 Å². The minimum absolute atomic E-state index is 0.00524. The first-order valence-corrected chi connectivity index (χ1v) is 9.21. The average Bonchev–Trinajstić information content (AvgIpc) is 2.91. The number of likely N-dealkylation sites (N-methyl/N-ethyl adjacent to an activating group) is 2. The molecule has 9 heteroatoms. The first-order chi connectivity index (χ1) is 12.2. The molecule has 1 unspecified atom stereocenters. The standard InChI is InChI=1S/C17H24N4O4S/c1-7-25-17(24)13-9(2)12-15(23)18-14(19-16(12)26-13)10(3)21(6)8-11(22)20(4)5/h10H,7-8H2,1-6H3,(H,18,19,23)/p+1/t10-/m1/s1. The van der Waals surface area contributed by atoms with Gasteiger partial charge in [-0.3, -0.25) is 9.59 Å². The number of esters is 1. The lowest BCUT2D eigenvalue weighted by molar-refractivity contribution is -0.903. The van der Waals surface area contributed by atoms with Crippen LogP contribution < -0.4 is 10.5 Å². The number of hydrogen-bond acceptors (Lipinski definition) is 6. The Hall–Kier alpha value is -2.26. The summed E-state index contributed by atoms with van der Waals surface area (Å²) in [6, 6.07) is -0.190. The molecule has 0 saturated heterocycles. The highest BCUT2D eigenvalue weighted by Crippen LogP contribution is 2.28. The highest BCUT2D eigenvalue weighted by molar-refractivity contribution is 7.20. The summed E-state index contributed by atoms with van der Waals surface area (Å²) in [5.41, 5.74) is 0.299. The van der Waals surface area contributed by atoms with Crippen molar-refractivity contribution in [2.75, 3.05) is 34.3 Å². The minimum atomic E-state index is -0.443. The number of nitrogens with one attached hydrogen (secondary N) is 2. The quantitative estimate of drug-likeness (QED) is 0.694. The van der Waals surface area contributed by atoms with Crippen LogP contribution in [0.5, 0.6) is 0 Å². The molecule has 0 aliphatic rings. The average molecular weight is 381 g/mol. The van der Waals surface area contributed by atoms with E-state index in [9.17, 15) is 14.4 Å². The van der Waals surface area contributed by atoms with E-state index < -0.39 is 5.97 Å². The van der Waals surface area contributed by atoms with Crippen LogP contribution in [-0.2, 0) is 9.53 Å². The fraction of sp³-hybridized carbons (Fsp3) is 0.529. The predicted molar refractivity (Wildman–Crippen MR) is 99.8 cm³/mol. The number of nitrogens with zero attached hydrogens (tertiary/aromatic N) is 2. The van der Waals surface area contributed by atoms with E-state index >= 15 is 0 Å². The largest absolute Gasteiger partial charge is 0.462 e. The summed E-state index contributed by atoms with van der Waals surface area (Å²) in [6.45, 7) is 5.91. The summed E-state index contributed by atoms with van der Waals surface area (Å²) in [4.78, 5) is 47.2. The normalized spacial score (nSPS) is 13.5. The molecule has 1 amide bonds. The number of carbonyl (C=O) groups excluding carboxylic acids is 2. The molecule has 26 heavy (non-hydrogen) atoms. The molecule has 0 aromatic carbocycles. The lowest BCUT2D eigenvalue weighted by atomic mass is 10.2. The van der Waals surface area contributed by atoms with E-state index in [4.69, 9.17) is 4.74 Å². The first-order valence-electron chi connectivity index (χ1n) is 8.40. The van der Waals surface area contributed by atoms with Crippen LogP contribution >= 0.6 is 11.3 Å². The number of amides is 1. The third-order valence-electron chi connectivity index (χ3n) is 4.36. The maximum atomic E-state index is 12.5. The predicted octanol–water partition coefficient (Wildman–Crippen LogP) is 0.134. The first kappa shape index (κ1) is 20.1. The smallest absolute Gasteiger partial charge is 0.348 e. The van der Waals surface area contributed by atoms with Crippen LogP contribution in [0.4, 0.5) is 0 Å².